The van der Waals surface area contributed by atoms with Crippen LogP contribution in [-0.4, -0.2) is 55.8 Å². The first-order valence-corrected chi connectivity index (χ1v) is 13.3. The highest BCUT2D eigenvalue weighted by atomic mass is 32.2. The highest BCUT2D eigenvalue weighted by Gasteiger charge is 2.28. The van der Waals surface area contributed by atoms with Crippen LogP contribution in [0.1, 0.15) is 35.5 Å². The van der Waals surface area contributed by atoms with E-state index in [9.17, 15) is 23.3 Å². The molecular formula is C25H31N5O7S. The summed E-state index contributed by atoms with van der Waals surface area (Å²) in [5, 5.41) is 18.6. The number of sulfonamides is 1. The first kappa shape index (κ1) is 28.8. The molecule has 0 spiro atoms. The number of hydrogen-bond donors (Lipinski definition) is 2. The second-order valence-electron chi connectivity index (χ2n) is 9.01. The fraction of sp³-hybridized carbons (Fsp3) is 0.360. The van der Waals surface area contributed by atoms with Gasteiger partial charge in [0, 0.05) is 37.9 Å². The Labute approximate surface area is 221 Å². The van der Waals surface area contributed by atoms with E-state index in [1.165, 1.54) is 17.9 Å². The minimum atomic E-state index is -4.18. The van der Waals surface area contributed by atoms with Crippen molar-refractivity contribution in [3.63, 3.8) is 0 Å². The number of methoxy groups -OCH3 is 1. The van der Waals surface area contributed by atoms with E-state index in [-0.39, 0.29) is 36.3 Å². The van der Waals surface area contributed by atoms with Crippen molar-refractivity contribution in [3.8, 4) is 17.3 Å². The smallest absolute Gasteiger partial charge is 0.272 e. The average Bonchev–Trinajstić information content (AvgIpc) is 3.19. The average molecular weight is 546 g/mol. The van der Waals surface area contributed by atoms with Crippen molar-refractivity contribution in [2.75, 3.05) is 26.8 Å². The summed E-state index contributed by atoms with van der Waals surface area (Å²) < 4.78 is 41.2. The number of non-ortho nitro benzene ring substituents is 1. The Morgan fingerprint density at radius 3 is 2.45 bits per heavy atom. The quantitative estimate of drug-likeness (QED) is 0.199. The van der Waals surface area contributed by atoms with Crippen LogP contribution in [0.5, 0.6) is 11.6 Å². The third-order valence-electron chi connectivity index (χ3n) is 5.47. The topological polar surface area (TPSA) is 155 Å². The van der Waals surface area contributed by atoms with Crippen LogP contribution in [0.3, 0.4) is 0 Å². The molecule has 0 unspecified atom stereocenters. The summed E-state index contributed by atoms with van der Waals surface area (Å²) in [4.78, 5) is 23.2. The largest absolute Gasteiger partial charge is 0.437 e. The third-order valence-corrected chi connectivity index (χ3v) is 6.91. The Balaban J connectivity index is 2.14. The molecule has 38 heavy (non-hydrogen) atoms. The second-order valence-corrected chi connectivity index (χ2v) is 10.7. The summed E-state index contributed by atoms with van der Waals surface area (Å²) in [6.45, 7) is 7.88. The number of nitro groups is 1. The summed E-state index contributed by atoms with van der Waals surface area (Å²) in [6.07, 6.45) is 0. The van der Waals surface area contributed by atoms with E-state index in [0.29, 0.717) is 17.9 Å². The van der Waals surface area contributed by atoms with Gasteiger partial charge in [0.15, 0.2) is 5.69 Å². The van der Waals surface area contributed by atoms with Gasteiger partial charge < -0.3 is 14.8 Å². The van der Waals surface area contributed by atoms with Crippen molar-refractivity contribution in [2.45, 2.75) is 32.6 Å². The van der Waals surface area contributed by atoms with E-state index in [1.54, 1.807) is 19.1 Å². The van der Waals surface area contributed by atoms with Gasteiger partial charge in [0.05, 0.1) is 17.2 Å². The van der Waals surface area contributed by atoms with Crippen molar-refractivity contribution in [3.05, 3.63) is 69.4 Å². The third kappa shape index (κ3) is 6.73. The van der Waals surface area contributed by atoms with Crippen LogP contribution in [-0.2, 0) is 14.8 Å². The molecule has 1 heterocycles. The maximum absolute atomic E-state index is 13.1. The molecule has 0 bridgehead atoms. The molecule has 3 aromatic rings. The molecule has 0 fully saturated rings. The Morgan fingerprint density at radius 2 is 1.84 bits per heavy atom. The van der Waals surface area contributed by atoms with Gasteiger partial charge in [0.2, 0.25) is 15.9 Å². The molecule has 204 valence electrons. The number of aryl methyl sites for hydroxylation is 1. The van der Waals surface area contributed by atoms with Gasteiger partial charge >= 0.3 is 0 Å². The number of rotatable bonds is 12. The summed E-state index contributed by atoms with van der Waals surface area (Å²) in [5.41, 5.74) is 1.56. The zero-order chi connectivity index (χ0) is 28.0. The molecule has 0 saturated carbocycles. The molecule has 12 nitrogen and oxygen atoms in total. The first-order chi connectivity index (χ1) is 17.9. The van der Waals surface area contributed by atoms with E-state index in [2.05, 4.69) is 15.1 Å². The van der Waals surface area contributed by atoms with E-state index < -0.39 is 31.4 Å². The minimum Gasteiger partial charge on any atom is -0.437 e. The summed E-state index contributed by atoms with van der Waals surface area (Å²) >= 11 is 0. The highest BCUT2D eigenvalue weighted by molar-refractivity contribution is 7.89. The molecular weight excluding hydrogens is 514 g/mol. The van der Waals surface area contributed by atoms with Crippen LogP contribution >= 0.6 is 0 Å². The number of nitrogens with zero attached hydrogens (tertiary/aromatic N) is 3. The number of carbonyl (C=O) groups excluding carboxylic acids is 1. The maximum atomic E-state index is 13.1. The number of carbonyl (C=O) groups is 1. The lowest BCUT2D eigenvalue weighted by Gasteiger charge is -2.15. The van der Waals surface area contributed by atoms with Crippen molar-refractivity contribution >= 4 is 21.6 Å². The van der Waals surface area contributed by atoms with Crippen LogP contribution < -0.4 is 14.8 Å². The van der Waals surface area contributed by atoms with Crippen LogP contribution in [0.2, 0.25) is 0 Å². The predicted octanol–water partition coefficient (Wildman–Crippen LogP) is 3.50. The molecule has 0 saturated heterocycles. The standard InChI is InChI=1S/C25H31N5O7S/c1-16(2)15-27-38(34,35)22-14-20(30(32)33)10-11-21(22)37-25-18(4)23(24(31)26-12-13-36-5)28-29(25)19-8-6-17(3)7-9-19/h6-11,14,16,27H,12-13,15H2,1-5H3,(H,26,31). The van der Waals surface area contributed by atoms with Gasteiger partial charge in [-0.2, -0.15) is 9.78 Å². The van der Waals surface area contributed by atoms with Crippen LogP contribution in [0.15, 0.2) is 47.4 Å². The molecule has 0 aliphatic heterocycles. The van der Waals surface area contributed by atoms with E-state index in [4.69, 9.17) is 9.47 Å². The molecule has 0 atom stereocenters. The van der Waals surface area contributed by atoms with Gasteiger partial charge in [-0.15, -0.1) is 0 Å². The molecule has 3 rings (SSSR count). The zero-order valence-electron chi connectivity index (χ0n) is 21.8. The lowest BCUT2D eigenvalue weighted by Crippen LogP contribution is -2.28. The van der Waals surface area contributed by atoms with E-state index in [1.807, 2.05) is 32.9 Å². The zero-order valence-corrected chi connectivity index (χ0v) is 22.7. The van der Waals surface area contributed by atoms with Gasteiger partial charge in [-0.3, -0.25) is 14.9 Å². The lowest BCUT2D eigenvalue weighted by molar-refractivity contribution is -0.385. The molecule has 0 aliphatic carbocycles. The SMILES string of the molecule is COCCNC(=O)c1nn(-c2ccc(C)cc2)c(Oc2ccc([N+](=O)[O-])cc2S(=O)(=O)NCC(C)C)c1C. The molecule has 13 heteroatoms. The number of amides is 1. The highest BCUT2D eigenvalue weighted by Crippen LogP contribution is 2.35. The Morgan fingerprint density at radius 1 is 1.16 bits per heavy atom. The van der Waals surface area contributed by atoms with Crippen LogP contribution in [0, 0.1) is 29.9 Å². The Bertz CT molecular complexity index is 1420. The minimum absolute atomic E-state index is 0.00256. The number of ether oxygens (including phenoxy) is 2. The van der Waals surface area contributed by atoms with Crippen LogP contribution in [0.4, 0.5) is 5.69 Å². The summed E-state index contributed by atoms with van der Waals surface area (Å²) in [5.74, 6) is -0.544. The monoisotopic (exact) mass is 545 g/mol. The van der Waals surface area contributed by atoms with Gasteiger partial charge in [0.1, 0.15) is 10.6 Å². The fourth-order valence-corrected chi connectivity index (χ4v) is 4.75. The van der Waals surface area contributed by atoms with Crippen molar-refractivity contribution < 1.29 is 27.6 Å². The predicted molar refractivity (Wildman–Crippen MR) is 140 cm³/mol. The molecule has 1 amide bonds. The van der Waals surface area contributed by atoms with Crippen molar-refractivity contribution in [1.82, 2.24) is 19.8 Å². The first-order valence-electron chi connectivity index (χ1n) is 11.8. The molecule has 0 radical (unpaired) electrons. The second kappa shape index (κ2) is 12.2. The summed E-state index contributed by atoms with van der Waals surface area (Å²) in [7, 11) is -2.67. The van der Waals surface area contributed by atoms with Crippen molar-refractivity contribution in [1.29, 1.82) is 0 Å². The van der Waals surface area contributed by atoms with Gasteiger partial charge in [-0.1, -0.05) is 31.5 Å². The normalized spacial score (nSPS) is 11.5. The van der Waals surface area contributed by atoms with E-state index >= 15 is 0 Å². The van der Waals surface area contributed by atoms with Crippen molar-refractivity contribution in [2.24, 2.45) is 5.92 Å². The number of aromatic nitrogens is 2. The molecule has 2 aromatic carbocycles. The number of hydrogen-bond acceptors (Lipinski definition) is 8. The molecule has 0 aliphatic rings. The fourth-order valence-electron chi connectivity index (χ4n) is 3.39. The van der Waals surface area contributed by atoms with Gasteiger partial charge in [0.25, 0.3) is 11.6 Å². The Kier molecular flexibility index (Phi) is 9.20. The maximum Gasteiger partial charge on any atom is 0.272 e. The molecule has 1 aromatic heterocycles. The Hall–Kier alpha value is -3.81. The van der Waals surface area contributed by atoms with Crippen LogP contribution in [0.25, 0.3) is 5.69 Å². The number of nitrogens with one attached hydrogen (secondary N) is 2. The molecule has 2 N–H and O–H groups in total. The lowest BCUT2D eigenvalue weighted by atomic mass is 10.2. The summed E-state index contributed by atoms with van der Waals surface area (Å²) in [6, 6.07) is 10.6. The number of nitro benzene ring substituents is 1. The number of benzene rings is 2. The van der Waals surface area contributed by atoms with Gasteiger partial charge in [-0.05, 0) is 38.0 Å². The van der Waals surface area contributed by atoms with E-state index in [0.717, 1.165) is 17.7 Å². The van der Waals surface area contributed by atoms with Gasteiger partial charge in [-0.25, -0.2) is 13.1 Å².